The van der Waals surface area contributed by atoms with Crippen LogP contribution in [0, 0.1) is 3.82 Å². The summed E-state index contributed by atoms with van der Waals surface area (Å²) in [6.07, 6.45) is 3.63. The van der Waals surface area contributed by atoms with Gasteiger partial charge in [0.15, 0.2) is 0 Å². The number of carbonyl (C=O) groups excluding carboxylic acids is 1. The summed E-state index contributed by atoms with van der Waals surface area (Å²) in [5, 5.41) is 0. The number of fused-ring (bicyclic) bond motifs is 3. The van der Waals surface area contributed by atoms with E-state index >= 15 is 0 Å². The first kappa shape index (κ1) is 19.1. The molecular formula is C20H24N2O2S3. The first-order valence-electron chi connectivity index (χ1n) is 9.31. The molecule has 1 amide bonds. The van der Waals surface area contributed by atoms with Crippen molar-refractivity contribution in [3.63, 3.8) is 0 Å². The van der Waals surface area contributed by atoms with Crippen LogP contribution < -0.4 is 9.64 Å². The Labute approximate surface area is 172 Å². The molecule has 7 heteroatoms. The Morgan fingerprint density at radius 1 is 1.22 bits per heavy atom. The summed E-state index contributed by atoms with van der Waals surface area (Å²) in [6, 6.07) is 5.95. The van der Waals surface area contributed by atoms with Crippen LogP contribution in [0.2, 0.25) is 0 Å². The van der Waals surface area contributed by atoms with Gasteiger partial charge in [-0.15, -0.1) is 0 Å². The largest absolute Gasteiger partial charge is 0.497 e. The number of ether oxygens (including phenoxy) is 1. The van der Waals surface area contributed by atoms with E-state index in [9.17, 15) is 4.79 Å². The van der Waals surface area contributed by atoms with Crippen LogP contribution in [0.5, 0.6) is 5.75 Å². The molecule has 0 unspecified atom stereocenters. The molecule has 0 bridgehead atoms. The van der Waals surface area contributed by atoms with Gasteiger partial charge in [0, 0.05) is 11.1 Å². The van der Waals surface area contributed by atoms with Crippen molar-refractivity contribution in [3.05, 3.63) is 26.9 Å². The van der Waals surface area contributed by atoms with Crippen LogP contribution in [0.1, 0.15) is 38.0 Å². The number of anilines is 1. The number of benzene rings is 1. The van der Waals surface area contributed by atoms with E-state index < -0.39 is 5.54 Å². The Kier molecular flexibility index (Phi) is 5.14. The Morgan fingerprint density at radius 2 is 1.96 bits per heavy atom. The molecule has 144 valence electrons. The molecule has 1 fully saturated rings. The summed E-state index contributed by atoms with van der Waals surface area (Å²) in [5.74, 6) is 0.941. The number of nitrogens with zero attached hydrogens (tertiary/aromatic N) is 2. The van der Waals surface area contributed by atoms with Crippen molar-refractivity contribution in [2.45, 2.75) is 38.6 Å². The average molecular weight is 421 g/mol. The van der Waals surface area contributed by atoms with Gasteiger partial charge in [-0.25, -0.2) is 0 Å². The number of methoxy groups -OCH3 is 1. The zero-order chi connectivity index (χ0) is 19.2. The van der Waals surface area contributed by atoms with E-state index in [-0.39, 0.29) is 5.91 Å². The molecule has 2 aromatic rings. The fourth-order valence-electron chi connectivity index (χ4n) is 4.16. The molecule has 4 rings (SSSR count). The van der Waals surface area contributed by atoms with Crippen LogP contribution in [0.15, 0.2) is 18.2 Å². The third-order valence-corrected chi connectivity index (χ3v) is 8.85. The Morgan fingerprint density at radius 3 is 2.67 bits per heavy atom. The number of hydrogen-bond donors (Lipinski definition) is 0. The zero-order valence-electron chi connectivity index (χ0n) is 15.9. The van der Waals surface area contributed by atoms with Crippen molar-refractivity contribution in [1.29, 1.82) is 0 Å². The van der Waals surface area contributed by atoms with E-state index in [0.717, 1.165) is 39.5 Å². The summed E-state index contributed by atoms with van der Waals surface area (Å²) < 4.78 is 6.33. The topological polar surface area (TPSA) is 32.8 Å². The van der Waals surface area contributed by atoms with Gasteiger partial charge in [-0.1, -0.05) is 39.3 Å². The van der Waals surface area contributed by atoms with E-state index in [0.29, 0.717) is 6.54 Å². The smallest absolute Gasteiger partial charge is 0.241 e. The van der Waals surface area contributed by atoms with Crippen LogP contribution in [0.25, 0.3) is 11.1 Å². The van der Waals surface area contributed by atoms with Crippen molar-refractivity contribution < 1.29 is 9.53 Å². The summed E-state index contributed by atoms with van der Waals surface area (Å²) in [5.41, 5.74) is 2.63. The number of piperidine rings is 1. The lowest BCUT2D eigenvalue weighted by Gasteiger charge is -2.44. The minimum atomic E-state index is -0.415. The second-order valence-corrected chi connectivity index (χ2v) is 10.5. The highest BCUT2D eigenvalue weighted by Crippen LogP contribution is 2.52. The van der Waals surface area contributed by atoms with Crippen molar-refractivity contribution in [1.82, 2.24) is 4.90 Å². The van der Waals surface area contributed by atoms with Crippen molar-refractivity contribution >= 4 is 44.5 Å². The highest BCUT2D eigenvalue weighted by molar-refractivity contribution is 7.80. The highest BCUT2D eigenvalue weighted by Gasteiger charge is 2.43. The van der Waals surface area contributed by atoms with Gasteiger partial charge in [-0.05, 0) is 58.0 Å². The molecule has 1 saturated heterocycles. The summed E-state index contributed by atoms with van der Waals surface area (Å²) >= 11 is 5.64. The monoisotopic (exact) mass is 420 g/mol. The average Bonchev–Trinajstić information content (AvgIpc) is 3.05. The standard InChI is InChI=1S/C20H24N2O2S3/c1-20(2)18-17(19(25)27-26-18)14-11-13(24-3)7-8-15(14)22(20)16(23)12-21-9-5-4-6-10-21/h7-8,11H,4-6,9-10,12H2,1-3H3. The summed E-state index contributed by atoms with van der Waals surface area (Å²) in [4.78, 5) is 18.9. The van der Waals surface area contributed by atoms with Gasteiger partial charge in [0.1, 0.15) is 9.57 Å². The molecule has 0 radical (unpaired) electrons. The second kappa shape index (κ2) is 7.28. The van der Waals surface area contributed by atoms with Gasteiger partial charge >= 0.3 is 0 Å². The normalized spacial score (nSPS) is 18.7. The SMILES string of the molecule is COc1ccc2c(c1)-c1c(ssc1=S)C(C)(C)N2C(=O)CN1CCCCC1. The van der Waals surface area contributed by atoms with Gasteiger partial charge < -0.3 is 9.64 Å². The molecule has 0 aliphatic carbocycles. The van der Waals surface area contributed by atoms with Crippen molar-refractivity contribution in [2.24, 2.45) is 0 Å². The molecule has 1 aromatic carbocycles. The van der Waals surface area contributed by atoms with Crippen LogP contribution in [-0.2, 0) is 10.3 Å². The van der Waals surface area contributed by atoms with E-state index in [1.807, 2.05) is 23.1 Å². The predicted molar refractivity (Wildman–Crippen MR) is 116 cm³/mol. The molecule has 0 saturated carbocycles. The quantitative estimate of drug-likeness (QED) is 0.499. The fraction of sp³-hybridized carbons (Fsp3) is 0.500. The molecule has 1 aromatic heterocycles. The Balaban J connectivity index is 1.80. The Bertz CT molecular complexity index is 926. The lowest BCUT2D eigenvalue weighted by molar-refractivity contribution is -0.121. The van der Waals surface area contributed by atoms with Crippen LogP contribution in [-0.4, -0.2) is 37.6 Å². The van der Waals surface area contributed by atoms with E-state index in [4.69, 9.17) is 17.0 Å². The number of likely N-dealkylation sites (tertiary alicyclic amines) is 1. The number of amides is 1. The van der Waals surface area contributed by atoms with Crippen molar-refractivity contribution in [2.75, 3.05) is 31.6 Å². The van der Waals surface area contributed by atoms with E-state index in [1.54, 1.807) is 27.8 Å². The van der Waals surface area contributed by atoms with Gasteiger partial charge in [0.25, 0.3) is 0 Å². The highest BCUT2D eigenvalue weighted by atomic mass is 32.9. The van der Waals surface area contributed by atoms with Crippen LogP contribution in [0.3, 0.4) is 0 Å². The molecule has 2 aliphatic heterocycles. The van der Waals surface area contributed by atoms with Gasteiger partial charge in [0.2, 0.25) is 5.91 Å². The van der Waals surface area contributed by atoms with Gasteiger partial charge in [0.05, 0.1) is 29.8 Å². The lowest BCUT2D eigenvalue weighted by Crippen LogP contribution is -2.51. The summed E-state index contributed by atoms with van der Waals surface area (Å²) in [7, 11) is 4.97. The second-order valence-electron chi connectivity index (χ2n) is 7.67. The maximum atomic E-state index is 13.5. The van der Waals surface area contributed by atoms with E-state index in [2.05, 4.69) is 18.7 Å². The first-order chi connectivity index (χ1) is 12.9. The molecule has 4 nitrogen and oxygen atoms in total. The minimum absolute atomic E-state index is 0.156. The Hall–Kier alpha value is -1.28. The molecule has 3 heterocycles. The molecule has 0 spiro atoms. The lowest BCUT2D eigenvalue weighted by atomic mass is 9.87. The maximum Gasteiger partial charge on any atom is 0.241 e. The predicted octanol–water partition coefficient (Wildman–Crippen LogP) is 5.28. The maximum absolute atomic E-state index is 13.5. The van der Waals surface area contributed by atoms with Crippen LogP contribution in [0.4, 0.5) is 5.69 Å². The van der Waals surface area contributed by atoms with E-state index in [1.165, 1.54) is 24.1 Å². The number of carbonyl (C=O) groups is 1. The third-order valence-electron chi connectivity index (χ3n) is 5.52. The number of rotatable bonds is 3. The van der Waals surface area contributed by atoms with Gasteiger partial charge in [-0.3, -0.25) is 9.69 Å². The number of hydrogen-bond acceptors (Lipinski definition) is 6. The molecule has 0 N–H and O–H groups in total. The summed E-state index contributed by atoms with van der Waals surface area (Å²) in [6.45, 7) is 6.76. The van der Waals surface area contributed by atoms with Gasteiger partial charge in [-0.2, -0.15) is 0 Å². The fourth-order valence-corrected chi connectivity index (χ4v) is 7.44. The molecule has 27 heavy (non-hydrogen) atoms. The minimum Gasteiger partial charge on any atom is -0.497 e. The first-order valence-corrected chi connectivity index (χ1v) is 11.9. The zero-order valence-corrected chi connectivity index (χ0v) is 18.4. The van der Waals surface area contributed by atoms with Crippen molar-refractivity contribution in [3.8, 4) is 16.9 Å². The van der Waals surface area contributed by atoms with Crippen LogP contribution >= 0.6 is 32.9 Å². The molecule has 2 aliphatic rings. The molecule has 0 atom stereocenters. The molecular weight excluding hydrogens is 396 g/mol. The third kappa shape index (κ3) is 3.24.